The highest BCUT2D eigenvalue weighted by atomic mass is 32.2. The first kappa shape index (κ1) is 23.1. The fraction of sp³-hybridized carbons (Fsp3) is 0.261. The number of likely N-dealkylation sites (N-methyl/N-ethyl adjacent to an activating group) is 1. The summed E-state index contributed by atoms with van der Waals surface area (Å²) in [6.07, 6.45) is 3.56. The first-order chi connectivity index (χ1) is 15.8. The Morgan fingerprint density at radius 2 is 2.03 bits per heavy atom. The fourth-order valence-electron chi connectivity index (χ4n) is 3.75. The van der Waals surface area contributed by atoms with Gasteiger partial charge in [-0.2, -0.15) is 4.31 Å². The van der Waals surface area contributed by atoms with E-state index in [0.717, 1.165) is 10.7 Å². The second kappa shape index (κ2) is 9.42. The van der Waals surface area contributed by atoms with Crippen LogP contribution in [-0.4, -0.2) is 54.6 Å². The fourth-order valence-corrected chi connectivity index (χ4v) is 5.73. The van der Waals surface area contributed by atoms with Gasteiger partial charge < -0.3 is 10.2 Å². The van der Waals surface area contributed by atoms with Crippen molar-refractivity contribution in [2.24, 2.45) is 0 Å². The van der Waals surface area contributed by atoms with Gasteiger partial charge in [0.1, 0.15) is 4.90 Å². The predicted molar refractivity (Wildman–Crippen MR) is 127 cm³/mol. The zero-order chi connectivity index (χ0) is 23.6. The summed E-state index contributed by atoms with van der Waals surface area (Å²) in [6, 6.07) is 10.2. The molecule has 33 heavy (non-hydrogen) atoms. The van der Waals surface area contributed by atoms with Gasteiger partial charge >= 0.3 is 0 Å². The molecule has 1 aromatic carbocycles. The molecule has 4 rings (SSSR count). The molecule has 0 unspecified atom stereocenters. The number of fused-ring (bicyclic) bond motifs is 1. The average Bonchev–Trinajstić information content (AvgIpc) is 3.28. The van der Waals surface area contributed by atoms with Crippen molar-refractivity contribution in [2.75, 3.05) is 25.5 Å². The van der Waals surface area contributed by atoms with E-state index in [0.29, 0.717) is 29.9 Å². The number of benzene rings is 1. The van der Waals surface area contributed by atoms with Crippen LogP contribution in [0.25, 0.3) is 0 Å². The third kappa shape index (κ3) is 4.82. The van der Waals surface area contributed by atoms with E-state index in [-0.39, 0.29) is 17.3 Å². The Bertz CT molecular complexity index is 1290. The molecule has 0 spiro atoms. The van der Waals surface area contributed by atoms with Crippen LogP contribution in [0.4, 0.5) is 5.69 Å². The number of carbonyl (C=O) groups is 2. The Hall–Kier alpha value is -3.08. The molecule has 3 aromatic rings. The van der Waals surface area contributed by atoms with Gasteiger partial charge in [-0.25, -0.2) is 8.42 Å². The van der Waals surface area contributed by atoms with Crippen molar-refractivity contribution >= 4 is 38.9 Å². The molecule has 8 nitrogen and oxygen atoms in total. The van der Waals surface area contributed by atoms with Gasteiger partial charge in [-0.1, -0.05) is 6.07 Å². The number of nitrogens with one attached hydrogen (secondary N) is 1. The number of pyridine rings is 1. The number of anilines is 1. The SMILES string of the molecule is Cc1c(NC(=O)CN(C)S(=O)(=O)c2cccnc2)cccc1C(=O)N1CCc2sccc2C1. The van der Waals surface area contributed by atoms with E-state index in [9.17, 15) is 18.0 Å². The molecule has 2 aromatic heterocycles. The highest BCUT2D eigenvalue weighted by molar-refractivity contribution is 7.89. The summed E-state index contributed by atoms with van der Waals surface area (Å²) in [7, 11) is -2.51. The molecule has 1 aliphatic rings. The summed E-state index contributed by atoms with van der Waals surface area (Å²) < 4.78 is 26.2. The second-order valence-corrected chi connectivity index (χ2v) is 10.9. The van der Waals surface area contributed by atoms with Crippen molar-refractivity contribution in [1.82, 2.24) is 14.2 Å². The molecule has 0 saturated heterocycles. The van der Waals surface area contributed by atoms with Crippen LogP contribution in [0.5, 0.6) is 0 Å². The van der Waals surface area contributed by atoms with Crippen LogP contribution in [0.1, 0.15) is 26.4 Å². The summed E-state index contributed by atoms with van der Waals surface area (Å²) in [5.74, 6) is -0.588. The smallest absolute Gasteiger partial charge is 0.254 e. The minimum absolute atomic E-state index is 0.0133. The van der Waals surface area contributed by atoms with Crippen LogP contribution in [0.3, 0.4) is 0 Å². The first-order valence-electron chi connectivity index (χ1n) is 10.4. The van der Waals surface area contributed by atoms with Gasteiger partial charge in [-0.05, 0) is 60.2 Å². The van der Waals surface area contributed by atoms with Crippen molar-refractivity contribution in [1.29, 1.82) is 0 Å². The molecule has 3 heterocycles. The van der Waals surface area contributed by atoms with E-state index in [1.807, 2.05) is 10.3 Å². The van der Waals surface area contributed by atoms with Gasteiger partial charge in [-0.15, -0.1) is 11.3 Å². The molecule has 1 aliphatic heterocycles. The monoisotopic (exact) mass is 484 g/mol. The van der Waals surface area contributed by atoms with E-state index in [1.54, 1.807) is 36.5 Å². The van der Waals surface area contributed by atoms with Crippen LogP contribution in [0.2, 0.25) is 0 Å². The minimum Gasteiger partial charge on any atom is -0.334 e. The van der Waals surface area contributed by atoms with Gasteiger partial charge in [0.2, 0.25) is 15.9 Å². The summed E-state index contributed by atoms with van der Waals surface area (Å²) in [5, 5.41) is 4.79. The number of amides is 2. The van der Waals surface area contributed by atoms with E-state index < -0.39 is 15.9 Å². The van der Waals surface area contributed by atoms with Gasteiger partial charge in [0.25, 0.3) is 5.91 Å². The maximum absolute atomic E-state index is 13.2. The standard InChI is InChI=1S/C23H24N4O4S2/c1-16-19(23(29)27-11-8-21-17(14-27)9-12-32-21)6-3-7-20(16)25-22(28)15-26(2)33(30,31)18-5-4-10-24-13-18/h3-7,9-10,12-13H,8,11,14-15H2,1-2H3,(H,25,28). The van der Waals surface area contributed by atoms with Gasteiger partial charge in [0, 0.05) is 48.7 Å². The number of rotatable bonds is 6. The predicted octanol–water partition coefficient (Wildman–Crippen LogP) is 2.91. The van der Waals surface area contributed by atoms with Gasteiger partial charge in [-0.3, -0.25) is 14.6 Å². The highest BCUT2D eigenvalue weighted by Gasteiger charge is 2.26. The van der Waals surface area contributed by atoms with Crippen molar-refractivity contribution < 1.29 is 18.0 Å². The van der Waals surface area contributed by atoms with Gasteiger partial charge in [0.15, 0.2) is 0 Å². The average molecular weight is 485 g/mol. The van der Waals surface area contributed by atoms with E-state index >= 15 is 0 Å². The Kier molecular flexibility index (Phi) is 6.59. The van der Waals surface area contributed by atoms with E-state index in [2.05, 4.69) is 16.4 Å². The lowest BCUT2D eigenvalue weighted by Crippen LogP contribution is -2.36. The van der Waals surface area contributed by atoms with E-state index in [4.69, 9.17) is 0 Å². The number of carbonyl (C=O) groups excluding carboxylic acids is 2. The van der Waals surface area contributed by atoms with Crippen LogP contribution >= 0.6 is 11.3 Å². The van der Waals surface area contributed by atoms with Gasteiger partial charge in [0.05, 0.1) is 6.54 Å². The zero-order valence-corrected chi connectivity index (χ0v) is 19.9. The summed E-state index contributed by atoms with van der Waals surface area (Å²) in [5.41, 5.74) is 2.82. The lowest BCUT2D eigenvalue weighted by atomic mass is 10.0. The van der Waals surface area contributed by atoms with Crippen LogP contribution < -0.4 is 5.32 Å². The van der Waals surface area contributed by atoms with Crippen molar-refractivity contribution in [3.63, 3.8) is 0 Å². The molecule has 0 bridgehead atoms. The number of hydrogen-bond acceptors (Lipinski definition) is 6. The Labute approximate surface area is 196 Å². The topological polar surface area (TPSA) is 99.7 Å². The lowest BCUT2D eigenvalue weighted by molar-refractivity contribution is -0.116. The Balaban J connectivity index is 1.45. The molecular formula is C23H24N4O4S2. The minimum atomic E-state index is -3.84. The normalized spacial score (nSPS) is 13.6. The molecule has 0 fully saturated rings. The quantitative estimate of drug-likeness (QED) is 0.580. The van der Waals surface area contributed by atoms with Crippen LogP contribution in [0, 0.1) is 6.92 Å². The summed E-state index contributed by atoms with van der Waals surface area (Å²) in [6.45, 7) is 2.63. The number of hydrogen-bond donors (Lipinski definition) is 1. The molecular weight excluding hydrogens is 460 g/mol. The molecule has 0 radical (unpaired) electrons. The molecule has 2 amide bonds. The molecule has 10 heteroatoms. The van der Waals surface area contributed by atoms with Crippen LogP contribution in [0.15, 0.2) is 59.1 Å². The van der Waals surface area contributed by atoms with Crippen molar-refractivity contribution in [3.8, 4) is 0 Å². The second-order valence-electron chi connectivity index (χ2n) is 7.82. The number of aromatic nitrogens is 1. The third-order valence-corrected chi connectivity index (χ3v) is 8.45. The third-order valence-electron chi connectivity index (χ3n) is 5.64. The summed E-state index contributed by atoms with van der Waals surface area (Å²) >= 11 is 1.72. The highest BCUT2D eigenvalue weighted by Crippen LogP contribution is 2.27. The molecule has 0 saturated carbocycles. The molecule has 1 N–H and O–H groups in total. The van der Waals surface area contributed by atoms with Crippen molar-refractivity contribution in [3.05, 3.63) is 75.7 Å². The molecule has 172 valence electrons. The van der Waals surface area contributed by atoms with Crippen LogP contribution in [-0.2, 0) is 27.8 Å². The number of sulfonamides is 1. The zero-order valence-electron chi connectivity index (χ0n) is 18.3. The van der Waals surface area contributed by atoms with Crippen molar-refractivity contribution in [2.45, 2.75) is 24.8 Å². The first-order valence-corrected chi connectivity index (χ1v) is 12.7. The largest absolute Gasteiger partial charge is 0.334 e. The molecule has 0 atom stereocenters. The maximum atomic E-state index is 13.2. The Morgan fingerprint density at radius 3 is 2.79 bits per heavy atom. The number of thiophene rings is 1. The Morgan fingerprint density at radius 1 is 1.21 bits per heavy atom. The lowest BCUT2D eigenvalue weighted by Gasteiger charge is -2.28. The maximum Gasteiger partial charge on any atom is 0.254 e. The van der Waals surface area contributed by atoms with E-state index in [1.165, 1.54) is 42.0 Å². The summed E-state index contributed by atoms with van der Waals surface area (Å²) in [4.78, 5) is 32.8. The number of nitrogens with zero attached hydrogens (tertiary/aromatic N) is 3. The molecule has 0 aliphatic carbocycles.